The average molecular weight is 440 g/mol. The van der Waals surface area contributed by atoms with E-state index < -0.39 is 9.84 Å². The lowest BCUT2D eigenvalue weighted by Crippen LogP contribution is -1.98. The molecule has 4 heterocycles. The highest BCUT2D eigenvalue weighted by atomic mass is 32.2. The maximum absolute atomic E-state index is 11.6. The zero-order valence-corrected chi connectivity index (χ0v) is 17.8. The summed E-state index contributed by atoms with van der Waals surface area (Å²) in [6, 6.07) is 14.2. The zero-order chi connectivity index (χ0) is 22.1. The smallest absolute Gasteiger partial charge is 0.175 e. The second-order valence-corrected chi connectivity index (χ2v) is 9.27. The molecular formula is C24H17N5O2S. The van der Waals surface area contributed by atoms with E-state index in [1.54, 1.807) is 42.9 Å². The first-order chi connectivity index (χ1) is 15.5. The van der Waals surface area contributed by atoms with Crippen molar-refractivity contribution in [2.75, 3.05) is 11.6 Å². The number of fused-ring (bicyclic) bond motifs is 2. The van der Waals surface area contributed by atoms with Crippen LogP contribution in [0.5, 0.6) is 0 Å². The van der Waals surface area contributed by atoms with Crippen molar-refractivity contribution in [2.45, 2.75) is 4.90 Å². The number of rotatable bonds is 3. The molecule has 0 aliphatic heterocycles. The summed E-state index contributed by atoms with van der Waals surface area (Å²) in [7, 11) is -3.24. The third-order valence-electron chi connectivity index (χ3n) is 4.93. The largest absolute Gasteiger partial charge is 0.360 e. The lowest BCUT2D eigenvalue weighted by atomic mass is 10.1. The molecule has 0 aliphatic rings. The number of benzene rings is 1. The van der Waals surface area contributed by atoms with Crippen LogP contribution in [0.15, 0.2) is 78.2 Å². The Morgan fingerprint density at radius 2 is 1.78 bits per heavy atom. The summed E-state index contributed by atoms with van der Waals surface area (Å²) in [6.07, 6.45) is 8.22. The van der Waals surface area contributed by atoms with Gasteiger partial charge in [-0.25, -0.2) is 18.4 Å². The number of H-pyrrole nitrogens is 1. The SMILES string of the molecule is CS(=O)(=O)c1ccc(Nc2cc3c(C#Cc4cnc5cc[nH]c5c4)nccc3cn2)cc1. The molecule has 7 nitrogen and oxygen atoms in total. The van der Waals surface area contributed by atoms with Gasteiger partial charge < -0.3 is 10.3 Å². The first kappa shape index (κ1) is 19.7. The number of pyridine rings is 3. The van der Waals surface area contributed by atoms with E-state index in [-0.39, 0.29) is 4.90 Å². The van der Waals surface area contributed by atoms with E-state index in [0.29, 0.717) is 11.5 Å². The molecule has 4 aromatic heterocycles. The van der Waals surface area contributed by atoms with E-state index in [1.807, 2.05) is 30.5 Å². The summed E-state index contributed by atoms with van der Waals surface area (Å²) in [6.45, 7) is 0. The molecule has 5 rings (SSSR count). The molecule has 0 saturated heterocycles. The number of aromatic amines is 1. The Kier molecular flexibility index (Phi) is 4.81. The molecule has 0 amide bonds. The Labute approximate surface area is 184 Å². The topological polar surface area (TPSA) is 101 Å². The van der Waals surface area contributed by atoms with Crippen LogP contribution in [0.1, 0.15) is 11.3 Å². The molecule has 156 valence electrons. The minimum atomic E-state index is -3.24. The Bertz CT molecular complexity index is 1630. The summed E-state index contributed by atoms with van der Waals surface area (Å²) in [5, 5.41) is 4.97. The van der Waals surface area contributed by atoms with Gasteiger partial charge in [0.25, 0.3) is 0 Å². The van der Waals surface area contributed by atoms with Crippen molar-refractivity contribution in [3.8, 4) is 11.8 Å². The fourth-order valence-corrected chi connectivity index (χ4v) is 3.93. The average Bonchev–Trinajstić information content (AvgIpc) is 3.25. The van der Waals surface area contributed by atoms with Crippen molar-refractivity contribution >= 4 is 43.1 Å². The van der Waals surface area contributed by atoms with Crippen LogP contribution in [-0.4, -0.2) is 34.6 Å². The van der Waals surface area contributed by atoms with Gasteiger partial charge in [0, 0.05) is 53.1 Å². The first-order valence-electron chi connectivity index (χ1n) is 9.73. The Morgan fingerprint density at radius 1 is 0.938 bits per heavy atom. The van der Waals surface area contributed by atoms with Crippen molar-refractivity contribution < 1.29 is 8.42 Å². The normalized spacial score (nSPS) is 11.3. The van der Waals surface area contributed by atoms with Crippen LogP contribution < -0.4 is 5.32 Å². The van der Waals surface area contributed by atoms with Gasteiger partial charge in [-0.15, -0.1) is 0 Å². The van der Waals surface area contributed by atoms with Gasteiger partial charge in [0.05, 0.1) is 15.9 Å². The van der Waals surface area contributed by atoms with Crippen LogP contribution in [0.2, 0.25) is 0 Å². The Hall–Kier alpha value is -4.22. The van der Waals surface area contributed by atoms with Crippen molar-refractivity contribution in [3.63, 3.8) is 0 Å². The maximum Gasteiger partial charge on any atom is 0.175 e. The second-order valence-electron chi connectivity index (χ2n) is 7.26. The highest BCUT2D eigenvalue weighted by Gasteiger charge is 2.07. The summed E-state index contributed by atoms with van der Waals surface area (Å²) in [5.41, 5.74) is 3.97. The van der Waals surface area contributed by atoms with Gasteiger partial charge in [0.2, 0.25) is 0 Å². The molecule has 0 bridgehead atoms. The fraction of sp³-hybridized carbons (Fsp3) is 0.0417. The van der Waals surface area contributed by atoms with E-state index in [0.717, 1.165) is 33.1 Å². The van der Waals surface area contributed by atoms with E-state index in [9.17, 15) is 8.42 Å². The van der Waals surface area contributed by atoms with E-state index in [1.165, 1.54) is 6.26 Å². The Balaban J connectivity index is 1.47. The van der Waals surface area contributed by atoms with Gasteiger partial charge in [0.15, 0.2) is 9.84 Å². The van der Waals surface area contributed by atoms with Crippen LogP contribution in [0.3, 0.4) is 0 Å². The number of nitrogens with one attached hydrogen (secondary N) is 2. The van der Waals surface area contributed by atoms with Gasteiger partial charge in [-0.3, -0.25) is 4.98 Å². The van der Waals surface area contributed by atoms with Gasteiger partial charge in [-0.05, 0) is 54.5 Å². The molecule has 1 aromatic carbocycles. The zero-order valence-electron chi connectivity index (χ0n) is 17.0. The monoisotopic (exact) mass is 439 g/mol. The highest BCUT2D eigenvalue weighted by Crippen LogP contribution is 2.23. The third-order valence-corrected chi connectivity index (χ3v) is 6.05. The van der Waals surface area contributed by atoms with Crippen molar-refractivity contribution in [3.05, 3.63) is 84.6 Å². The van der Waals surface area contributed by atoms with Crippen LogP contribution in [0, 0.1) is 11.8 Å². The number of nitrogens with zero attached hydrogens (tertiary/aromatic N) is 3. The molecule has 0 unspecified atom stereocenters. The quantitative estimate of drug-likeness (QED) is 0.411. The summed E-state index contributed by atoms with van der Waals surface area (Å²) >= 11 is 0. The van der Waals surface area contributed by atoms with Gasteiger partial charge in [0.1, 0.15) is 11.5 Å². The molecule has 5 aromatic rings. The molecule has 0 radical (unpaired) electrons. The number of sulfone groups is 1. The molecule has 0 aliphatic carbocycles. The highest BCUT2D eigenvalue weighted by molar-refractivity contribution is 7.90. The van der Waals surface area contributed by atoms with Gasteiger partial charge in [-0.2, -0.15) is 0 Å². The molecule has 2 N–H and O–H groups in total. The van der Waals surface area contributed by atoms with E-state index >= 15 is 0 Å². The molecule has 0 fully saturated rings. The molecule has 32 heavy (non-hydrogen) atoms. The summed E-state index contributed by atoms with van der Waals surface area (Å²) in [5.74, 6) is 6.88. The third kappa shape index (κ3) is 4.02. The standard InChI is InChI=1S/C24H17N5O2S/c1-32(30,31)19-5-3-18(4-6-19)29-24-13-20-17(15-28-24)8-10-25-21(20)7-2-16-12-23-22(27-14-16)9-11-26-23/h3-6,8-15,26H,1H3,(H,28,29). The molecule has 0 saturated carbocycles. The van der Waals surface area contributed by atoms with E-state index in [4.69, 9.17) is 0 Å². The number of hydrogen-bond donors (Lipinski definition) is 2. The van der Waals surface area contributed by atoms with Crippen molar-refractivity contribution in [1.82, 2.24) is 19.9 Å². The van der Waals surface area contributed by atoms with Crippen LogP contribution >= 0.6 is 0 Å². The number of aromatic nitrogens is 4. The molecule has 0 spiro atoms. The minimum absolute atomic E-state index is 0.267. The predicted molar refractivity (Wildman–Crippen MR) is 124 cm³/mol. The Morgan fingerprint density at radius 3 is 2.59 bits per heavy atom. The van der Waals surface area contributed by atoms with Crippen LogP contribution in [0.25, 0.3) is 21.8 Å². The van der Waals surface area contributed by atoms with Gasteiger partial charge >= 0.3 is 0 Å². The van der Waals surface area contributed by atoms with E-state index in [2.05, 4.69) is 37.1 Å². The molecular weight excluding hydrogens is 422 g/mol. The van der Waals surface area contributed by atoms with Crippen LogP contribution in [-0.2, 0) is 9.84 Å². The summed E-state index contributed by atoms with van der Waals surface area (Å²) in [4.78, 5) is 16.7. The van der Waals surface area contributed by atoms with Crippen molar-refractivity contribution in [2.24, 2.45) is 0 Å². The second kappa shape index (κ2) is 7.80. The summed E-state index contributed by atoms with van der Waals surface area (Å²) < 4.78 is 23.3. The lowest BCUT2D eigenvalue weighted by molar-refractivity contribution is 0.602. The van der Waals surface area contributed by atoms with Gasteiger partial charge in [-0.1, -0.05) is 5.92 Å². The number of anilines is 2. The van der Waals surface area contributed by atoms with Crippen LogP contribution in [0.4, 0.5) is 11.5 Å². The fourth-order valence-electron chi connectivity index (χ4n) is 3.30. The maximum atomic E-state index is 11.6. The lowest BCUT2D eigenvalue weighted by Gasteiger charge is -2.08. The first-order valence-corrected chi connectivity index (χ1v) is 11.6. The minimum Gasteiger partial charge on any atom is -0.360 e. The molecule has 0 atom stereocenters. The predicted octanol–water partition coefficient (Wildman–Crippen LogP) is 4.05. The number of hydrogen-bond acceptors (Lipinski definition) is 6. The van der Waals surface area contributed by atoms with Crippen molar-refractivity contribution in [1.29, 1.82) is 0 Å². The molecule has 8 heteroatoms.